The lowest BCUT2D eigenvalue weighted by molar-refractivity contribution is -0.134. The maximum Gasteiger partial charge on any atom is 0.311 e. The van der Waals surface area contributed by atoms with Gasteiger partial charge in [0.25, 0.3) is 0 Å². The van der Waals surface area contributed by atoms with Gasteiger partial charge in [0.15, 0.2) is 11.7 Å². The Hall–Kier alpha value is -2.95. The highest BCUT2D eigenvalue weighted by atomic mass is 19.1. The average molecular weight is 311 g/mol. The van der Waals surface area contributed by atoms with Crippen LogP contribution in [0.1, 0.15) is 12.3 Å². The van der Waals surface area contributed by atoms with Crippen LogP contribution in [0.4, 0.5) is 4.39 Å². The number of carbonyl (C=O) groups excluding carboxylic acids is 1. The number of rotatable bonds is 5. The fourth-order valence-corrected chi connectivity index (χ4v) is 2.06. The average Bonchev–Trinajstić information content (AvgIpc) is 3.05. The molecule has 0 radical (unpaired) electrons. The van der Waals surface area contributed by atoms with Crippen molar-refractivity contribution >= 4 is 5.97 Å². The molecule has 0 amide bonds. The van der Waals surface area contributed by atoms with E-state index in [0.717, 1.165) is 5.56 Å². The number of carbonyl (C=O) groups is 1. The molecular formula is C18H14FNO3. The molecule has 4 nitrogen and oxygen atoms in total. The number of hydrogen-bond acceptors (Lipinski definition) is 4. The van der Waals surface area contributed by atoms with Crippen LogP contribution in [0.25, 0.3) is 11.3 Å². The standard InChI is InChI=1S/C18H14FNO3/c19-14-6-8-15(9-7-14)22-18(21)11-10-17-20-12-16(23-17)13-4-2-1-3-5-13/h1-9,12H,10-11H2. The molecule has 0 aliphatic rings. The van der Waals surface area contributed by atoms with E-state index in [9.17, 15) is 9.18 Å². The van der Waals surface area contributed by atoms with Gasteiger partial charge in [0, 0.05) is 12.0 Å². The van der Waals surface area contributed by atoms with Gasteiger partial charge in [0.05, 0.1) is 12.6 Å². The third-order valence-electron chi connectivity index (χ3n) is 3.20. The van der Waals surface area contributed by atoms with Gasteiger partial charge in [0.1, 0.15) is 11.6 Å². The zero-order valence-electron chi connectivity index (χ0n) is 12.2. The Labute approximate surface area is 132 Å². The molecule has 0 spiro atoms. The van der Waals surface area contributed by atoms with E-state index in [1.165, 1.54) is 24.3 Å². The Morgan fingerprint density at radius 3 is 2.57 bits per heavy atom. The molecule has 1 heterocycles. The molecule has 1 aromatic heterocycles. The van der Waals surface area contributed by atoms with Gasteiger partial charge < -0.3 is 9.15 Å². The molecular weight excluding hydrogens is 297 g/mol. The molecule has 2 aromatic carbocycles. The number of nitrogens with zero attached hydrogens (tertiary/aromatic N) is 1. The van der Waals surface area contributed by atoms with Crippen LogP contribution in [0.5, 0.6) is 5.75 Å². The Morgan fingerprint density at radius 2 is 1.83 bits per heavy atom. The van der Waals surface area contributed by atoms with E-state index in [1.807, 2.05) is 30.3 Å². The largest absolute Gasteiger partial charge is 0.441 e. The van der Waals surface area contributed by atoms with Crippen molar-refractivity contribution in [2.75, 3.05) is 0 Å². The van der Waals surface area contributed by atoms with E-state index in [4.69, 9.17) is 9.15 Å². The Balaban J connectivity index is 1.55. The molecule has 0 unspecified atom stereocenters. The second-order valence-corrected chi connectivity index (χ2v) is 4.91. The molecule has 0 saturated carbocycles. The predicted octanol–water partition coefficient (Wildman–Crippen LogP) is 4.02. The number of aromatic nitrogens is 1. The number of ether oxygens (including phenoxy) is 1. The second-order valence-electron chi connectivity index (χ2n) is 4.91. The summed E-state index contributed by atoms with van der Waals surface area (Å²) in [4.78, 5) is 15.9. The maximum absolute atomic E-state index is 12.8. The van der Waals surface area contributed by atoms with Crippen molar-refractivity contribution in [3.05, 3.63) is 72.5 Å². The predicted molar refractivity (Wildman–Crippen MR) is 82.3 cm³/mol. The zero-order valence-corrected chi connectivity index (χ0v) is 12.2. The van der Waals surface area contributed by atoms with Crippen LogP contribution >= 0.6 is 0 Å². The summed E-state index contributed by atoms with van der Waals surface area (Å²) in [7, 11) is 0. The molecule has 3 rings (SSSR count). The van der Waals surface area contributed by atoms with Gasteiger partial charge in [-0.25, -0.2) is 9.37 Å². The van der Waals surface area contributed by atoms with Gasteiger partial charge in [-0.1, -0.05) is 30.3 Å². The van der Waals surface area contributed by atoms with Crippen LogP contribution in [-0.4, -0.2) is 11.0 Å². The van der Waals surface area contributed by atoms with Crippen LogP contribution in [0, 0.1) is 5.82 Å². The minimum Gasteiger partial charge on any atom is -0.441 e. The summed E-state index contributed by atoms with van der Waals surface area (Å²) in [5, 5.41) is 0. The molecule has 0 aliphatic heterocycles. The minimum atomic E-state index is -0.420. The maximum atomic E-state index is 12.8. The highest BCUT2D eigenvalue weighted by Crippen LogP contribution is 2.20. The lowest BCUT2D eigenvalue weighted by Gasteiger charge is -2.02. The van der Waals surface area contributed by atoms with Crippen molar-refractivity contribution < 1.29 is 18.3 Å². The summed E-state index contributed by atoms with van der Waals surface area (Å²) in [5.74, 6) is 0.648. The number of aryl methyl sites for hydroxylation is 1. The SMILES string of the molecule is O=C(CCc1ncc(-c2ccccc2)o1)Oc1ccc(F)cc1. The molecule has 0 bridgehead atoms. The van der Waals surface area contributed by atoms with Crippen molar-refractivity contribution in [2.24, 2.45) is 0 Å². The molecule has 0 fully saturated rings. The number of oxazole rings is 1. The highest BCUT2D eigenvalue weighted by molar-refractivity contribution is 5.72. The lowest BCUT2D eigenvalue weighted by atomic mass is 10.2. The smallest absolute Gasteiger partial charge is 0.311 e. The topological polar surface area (TPSA) is 52.3 Å². The molecule has 0 aliphatic carbocycles. The van der Waals surface area contributed by atoms with Gasteiger partial charge in [-0.2, -0.15) is 0 Å². The minimum absolute atomic E-state index is 0.131. The van der Waals surface area contributed by atoms with Crippen molar-refractivity contribution in [3.63, 3.8) is 0 Å². The summed E-state index contributed by atoms with van der Waals surface area (Å²) in [6.07, 6.45) is 2.11. The molecule has 5 heteroatoms. The van der Waals surface area contributed by atoms with Crippen molar-refractivity contribution in [1.29, 1.82) is 0 Å². The van der Waals surface area contributed by atoms with Crippen LogP contribution < -0.4 is 4.74 Å². The zero-order chi connectivity index (χ0) is 16.1. The van der Waals surface area contributed by atoms with Gasteiger partial charge in [-0.05, 0) is 24.3 Å². The number of hydrogen-bond donors (Lipinski definition) is 0. The second kappa shape index (κ2) is 6.87. The molecule has 23 heavy (non-hydrogen) atoms. The summed E-state index contributed by atoms with van der Waals surface area (Å²) >= 11 is 0. The number of halogens is 1. The van der Waals surface area contributed by atoms with E-state index < -0.39 is 5.97 Å². The van der Waals surface area contributed by atoms with Crippen LogP contribution in [0.15, 0.2) is 65.2 Å². The van der Waals surface area contributed by atoms with Gasteiger partial charge in [0.2, 0.25) is 0 Å². The Bertz CT molecular complexity index is 782. The van der Waals surface area contributed by atoms with Gasteiger partial charge in [-0.15, -0.1) is 0 Å². The summed E-state index contributed by atoms with van der Waals surface area (Å²) in [6, 6.07) is 14.9. The van der Waals surface area contributed by atoms with E-state index >= 15 is 0 Å². The van der Waals surface area contributed by atoms with E-state index in [-0.39, 0.29) is 12.2 Å². The lowest BCUT2D eigenvalue weighted by Crippen LogP contribution is -2.09. The first-order valence-electron chi connectivity index (χ1n) is 7.17. The molecule has 116 valence electrons. The summed E-state index contributed by atoms with van der Waals surface area (Å²) in [5.41, 5.74) is 0.931. The first-order valence-corrected chi connectivity index (χ1v) is 7.17. The van der Waals surface area contributed by atoms with Crippen molar-refractivity contribution in [2.45, 2.75) is 12.8 Å². The molecule has 0 saturated heterocycles. The Morgan fingerprint density at radius 1 is 1.09 bits per heavy atom. The summed E-state index contributed by atoms with van der Waals surface area (Å²) in [6.45, 7) is 0. The van der Waals surface area contributed by atoms with Crippen LogP contribution in [-0.2, 0) is 11.2 Å². The third kappa shape index (κ3) is 4.03. The van der Waals surface area contributed by atoms with Crippen molar-refractivity contribution in [3.8, 4) is 17.1 Å². The first-order chi connectivity index (χ1) is 11.2. The quantitative estimate of drug-likeness (QED) is 0.527. The summed E-state index contributed by atoms with van der Waals surface area (Å²) < 4.78 is 23.5. The van der Waals surface area contributed by atoms with Gasteiger partial charge >= 0.3 is 5.97 Å². The number of esters is 1. The monoisotopic (exact) mass is 311 g/mol. The van der Waals surface area contributed by atoms with Crippen LogP contribution in [0.2, 0.25) is 0 Å². The fourth-order valence-electron chi connectivity index (χ4n) is 2.06. The highest BCUT2D eigenvalue weighted by Gasteiger charge is 2.10. The van der Waals surface area contributed by atoms with Crippen molar-refractivity contribution in [1.82, 2.24) is 4.98 Å². The van der Waals surface area contributed by atoms with Gasteiger partial charge in [-0.3, -0.25) is 4.79 Å². The normalized spacial score (nSPS) is 10.5. The van der Waals surface area contributed by atoms with Crippen LogP contribution in [0.3, 0.4) is 0 Å². The molecule has 3 aromatic rings. The molecule has 0 N–H and O–H groups in total. The van der Waals surface area contributed by atoms with E-state index in [1.54, 1.807) is 6.20 Å². The van der Waals surface area contributed by atoms with E-state index in [0.29, 0.717) is 23.8 Å². The number of benzene rings is 2. The Kier molecular flexibility index (Phi) is 4.47. The third-order valence-corrected chi connectivity index (χ3v) is 3.20. The molecule has 0 atom stereocenters. The van der Waals surface area contributed by atoms with E-state index in [2.05, 4.69) is 4.98 Å². The first kappa shape index (κ1) is 15.0. The fraction of sp³-hybridized carbons (Fsp3) is 0.111.